The van der Waals surface area contributed by atoms with Crippen LogP contribution in [-0.4, -0.2) is 46.3 Å². The highest BCUT2D eigenvalue weighted by Gasteiger charge is 2.29. The standard InChI is InChI=1S/C22H29N5O4S2/c1-14-15(2)27(17-6-4-3-5-7-17)21(18(14)11-23)24-19(28)12-32-22-26-25-20(31-22)10-16-8-9-33(29,30)13-16/h16-17H,3-10,12-13H2,1-2H3,(H,24,28)/t16-/m0/s1. The molecule has 33 heavy (non-hydrogen) atoms. The lowest BCUT2D eigenvalue weighted by molar-refractivity contribution is -0.113. The molecule has 1 aliphatic heterocycles. The van der Waals surface area contributed by atoms with Gasteiger partial charge in [-0.3, -0.25) is 4.79 Å². The molecular formula is C22H29N5O4S2. The minimum absolute atomic E-state index is 0.0000506. The van der Waals surface area contributed by atoms with Crippen molar-refractivity contribution in [3.8, 4) is 6.07 Å². The summed E-state index contributed by atoms with van der Waals surface area (Å²) in [6, 6.07) is 2.55. The molecule has 2 aromatic heterocycles. The summed E-state index contributed by atoms with van der Waals surface area (Å²) in [6.07, 6.45) is 6.66. The molecule has 0 aromatic carbocycles. The maximum Gasteiger partial charge on any atom is 0.277 e. The Morgan fingerprint density at radius 1 is 1.24 bits per heavy atom. The molecule has 11 heteroatoms. The summed E-state index contributed by atoms with van der Waals surface area (Å²) < 4.78 is 31.0. The first-order valence-corrected chi connectivity index (χ1v) is 14.1. The third kappa shape index (κ3) is 5.44. The van der Waals surface area contributed by atoms with E-state index in [1.54, 1.807) is 0 Å². The van der Waals surface area contributed by atoms with Gasteiger partial charge in [-0.2, -0.15) is 5.26 Å². The monoisotopic (exact) mass is 491 g/mol. The van der Waals surface area contributed by atoms with Gasteiger partial charge in [0.15, 0.2) is 9.84 Å². The van der Waals surface area contributed by atoms with Gasteiger partial charge in [-0.25, -0.2) is 8.42 Å². The Hall–Kier alpha value is -2.32. The third-order valence-electron chi connectivity index (χ3n) is 6.63. The number of thioether (sulfide) groups is 1. The van der Waals surface area contributed by atoms with E-state index in [4.69, 9.17) is 4.42 Å². The van der Waals surface area contributed by atoms with Crippen molar-refractivity contribution in [3.05, 3.63) is 22.7 Å². The molecule has 1 aliphatic carbocycles. The van der Waals surface area contributed by atoms with E-state index in [1.807, 2.05) is 13.8 Å². The fourth-order valence-electron chi connectivity index (χ4n) is 4.84. The zero-order chi connectivity index (χ0) is 23.6. The molecule has 1 amide bonds. The second kappa shape index (κ2) is 9.89. The van der Waals surface area contributed by atoms with Gasteiger partial charge in [0.05, 0.1) is 22.8 Å². The van der Waals surface area contributed by atoms with Crippen LogP contribution in [0.15, 0.2) is 9.64 Å². The van der Waals surface area contributed by atoms with Crippen molar-refractivity contribution in [3.63, 3.8) is 0 Å². The molecule has 0 unspecified atom stereocenters. The number of anilines is 1. The van der Waals surface area contributed by atoms with Crippen molar-refractivity contribution in [2.24, 2.45) is 5.92 Å². The Balaban J connectivity index is 1.39. The molecule has 1 N–H and O–H groups in total. The van der Waals surface area contributed by atoms with Crippen LogP contribution >= 0.6 is 11.8 Å². The second-order valence-corrected chi connectivity index (χ2v) is 12.1. The summed E-state index contributed by atoms with van der Waals surface area (Å²) >= 11 is 1.13. The average Bonchev–Trinajstić information content (AvgIpc) is 3.44. The van der Waals surface area contributed by atoms with Gasteiger partial charge in [0.25, 0.3) is 5.22 Å². The highest BCUT2D eigenvalue weighted by Crippen LogP contribution is 2.37. The molecule has 2 aromatic rings. The van der Waals surface area contributed by atoms with Crippen molar-refractivity contribution in [2.75, 3.05) is 22.6 Å². The van der Waals surface area contributed by atoms with E-state index in [0.717, 1.165) is 48.7 Å². The van der Waals surface area contributed by atoms with E-state index in [9.17, 15) is 18.5 Å². The number of sulfone groups is 1. The van der Waals surface area contributed by atoms with Crippen LogP contribution in [0.4, 0.5) is 5.82 Å². The number of aromatic nitrogens is 3. The van der Waals surface area contributed by atoms with E-state index >= 15 is 0 Å². The van der Waals surface area contributed by atoms with E-state index in [-0.39, 0.29) is 34.3 Å². The Morgan fingerprint density at radius 2 is 2.00 bits per heavy atom. The molecule has 2 aliphatic rings. The normalized spacial score (nSPS) is 20.6. The fraction of sp³-hybridized carbons (Fsp3) is 0.636. The minimum atomic E-state index is -2.95. The van der Waals surface area contributed by atoms with Crippen molar-refractivity contribution in [1.82, 2.24) is 14.8 Å². The lowest BCUT2D eigenvalue weighted by Gasteiger charge is -2.27. The van der Waals surface area contributed by atoms with E-state index in [0.29, 0.717) is 36.2 Å². The van der Waals surface area contributed by atoms with Crippen molar-refractivity contribution in [1.29, 1.82) is 5.26 Å². The molecule has 1 saturated carbocycles. The molecule has 0 radical (unpaired) electrons. The molecule has 3 heterocycles. The van der Waals surface area contributed by atoms with Crippen molar-refractivity contribution in [2.45, 2.75) is 70.1 Å². The second-order valence-electron chi connectivity index (χ2n) is 8.98. The van der Waals surface area contributed by atoms with Crippen LogP contribution in [0.3, 0.4) is 0 Å². The van der Waals surface area contributed by atoms with Crippen LogP contribution in [0.25, 0.3) is 0 Å². The van der Waals surface area contributed by atoms with Crippen LogP contribution in [0.5, 0.6) is 0 Å². The first-order valence-electron chi connectivity index (χ1n) is 11.3. The third-order valence-corrected chi connectivity index (χ3v) is 9.29. The number of hydrogen-bond donors (Lipinski definition) is 1. The molecule has 9 nitrogen and oxygen atoms in total. The first-order chi connectivity index (χ1) is 15.8. The van der Waals surface area contributed by atoms with Crippen LogP contribution in [0.1, 0.15) is 67.3 Å². The number of nitriles is 1. The predicted octanol–water partition coefficient (Wildman–Crippen LogP) is 3.57. The summed E-state index contributed by atoms with van der Waals surface area (Å²) in [6.45, 7) is 3.93. The van der Waals surface area contributed by atoms with Crippen molar-refractivity contribution < 1.29 is 17.6 Å². The fourth-order valence-corrected chi connectivity index (χ4v) is 7.28. The van der Waals surface area contributed by atoms with Gasteiger partial charge < -0.3 is 14.3 Å². The molecule has 4 rings (SSSR count). The number of nitrogens with zero attached hydrogens (tertiary/aromatic N) is 4. The molecule has 178 valence electrons. The van der Waals surface area contributed by atoms with E-state index in [1.165, 1.54) is 6.42 Å². The van der Waals surface area contributed by atoms with E-state index in [2.05, 4.69) is 26.2 Å². The first kappa shape index (κ1) is 23.8. The Bertz CT molecular complexity index is 1170. The molecule has 2 fully saturated rings. The number of amides is 1. The topological polar surface area (TPSA) is 131 Å². The maximum atomic E-state index is 12.8. The molecule has 0 bridgehead atoms. The zero-order valence-electron chi connectivity index (χ0n) is 19.0. The predicted molar refractivity (Wildman–Crippen MR) is 125 cm³/mol. The minimum Gasteiger partial charge on any atom is -0.416 e. The highest BCUT2D eigenvalue weighted by atomic mass is 32.2. The largest absolute Gasteiger partial charge is 0.416 e. The Kier molecular flexibility index (Phi) is 7.14. The average molecular weight is 492 g/mol. The lowest BCUT2D eigenvalue weighted by Crippen LogP contribution is -2.21. The van der Waals surface area contributed by atoms with Crippen LogP contribution < -0.4 is 5.32 Å². The molecule has 1 atom stereocenters. The van der Waals surface area contributed by atoms with E-state index < -0.39 is 9.84 Å². The zero-order valence-corrected chi connectivity index (χ0v) is 20.6. The summed E-state index contributed by atoms with van der Waals surface area (Å²) in [7, 11) is -2.95. The van der Waals surface area contributed by atoms with Gasteiger partial charge in [-0.1, -0.05) is 31.0 Å². The van der Waals surface area contributed by atoms with Crippen LogP contribution in [0, 0.1) is 31.1 Å². The number of carbonyl (C=O) groups excluding carboxylic acids is 1. The number of hydrogen-bond acceptors (Lipinski definition) is 8. The Morgan fingerprint density at radius 3 is 2.67 bits per heavy atom. The van der Waals surface area contributed by atoms with Gasteiger partial charge in [0, 0.05) is 18.2 Å². The smallest absolute Gasteiger partial charge is 0.277 e. The number of carbonyl (C=O) groups is 1. The van der Waals surface area contributed by atoms with Crippen molar-refractivity contribution >= 4 is 33.3 Å². The van der Waals surface area contributed by atoms with Crippen LogP contribution in [0.2, 0.25) is 0 Å². The summed E-state index contributed by atoms with van der Waals surface area (Å²) in [4.78, 5) is 12.8. The van der Waals surface area contributed by atoms with Gasteiger partial charge in [0.1, 0.15) is 11.9 Å². The van der Waals surface area contributed by atoms with Gasteiger partial charge in [-0.15, -0.1) is 10.2 Å². The van der Waals surface area contributed by atoms with Gasteiger partial charge in [-0.05, 0) is 44.6 Å². The number of rotatable bonds is 7. The molecule has 1 saturated heterocycles. The maximum absolute atomic E-state index is 12.8. The lowest BCUT2D eigenvalue weighted by atomic mass is 9.95. The SMILES string of the molecule is Cc1c(C#N)c(NC(=O)CSc2nnc(C[C@@H]3CCS(=O)(=O)C3)o2)n(C2CCCCC2)c1C. The molecular weight excluding hydrogens is 462 g/mol. The highest BCUT2D eigenvalue weighted by molar-refractivity contribution is 7.99. The number of nitrogens with one attached hydrogen (secondary N) is 1. The Labute approximate surface area is 198 Å². The van der Waals surface area contributed by atoms with Gasteiger partial charge in [0.2, 0.25) is 11.8 Å². The quantitative estimate of drug-likeness (QED) is 0.582. The van der Waals surface area contributed by atoms with Gasteiger partial charge >= 0.3 is 0 Å². The molecule has 0 spiro atoms. The summed E-state index contributed by atoms with van der Waals surface area (Å²) in [5.41, 5.74) is 2.45. The van der Waals surface area contributed by atoms with Crippen LogP contribution in [-0.2, 0) is 21.1 Å². The summed E-state index contributed by atoms with van der Waals surface area (Å²) in [5, 5.41) is 20.9. The summed E-state index contributed by atoms with van der Waals surface area (Å²) in [5.74, 6) is 1.16.